The second-order valence-electron chi connectivity index (χ2n) is 3.50. The molecule has 116 valence electrons. The van der Waals surface area contributed by atoms with Gasteiger partial charge in [-0.25, -0.2) is 31.9 Å². The molecule has 0 aliphatic carbocycles. The van der Waals surface area contributed by atoms with Crippen LogP contribution >= 0.6 is 0 Å². The van der Waals surface area contributed by atoms with Crippen LogP contribution in [0, 0.1) is 27.2 Å². The Morgan fingerprint density at radius 1 is 1.05 bits per heavy atom. The van der Waals surface area contributed by atoms with Gasteiger partial charge in [0.1, 0.15) is 0 Å². The van der Waals surface area contributed by atoms with Gasteiger partial charge in [-0.1, -0.05) is 47.5 Å². The monoisotopic (exact) mass is 608 g/mol. The van der Waals surface area contributed by atoms with Crippen molar-refractivity contribution in [3.63, 3.8) is 0 Å². The molecule has 0 aromatic carbocycles. The maximum Gasteiger partial charge on any atom is 2.00 e. The third kappa shape index (κ3) is 153. The third-order valence-corrected chi connectivity index (χ3v) is 1.30. The molecular formula is C17H36W2. The fraction of sp³-hybridized carbons (Fsp3) is 0.647. The van der Waals surface area contributed by atoms with Crippen molar-refractivity contribution in [1.29, 1.82) is 0 Å². The van der Waals surface area contributed by atoms with Gasteiger partial charge in [0.25, 0.3) is 0 Å². The van der Waals surface area contributed by atoms with E-state index in [1.54, 1.807) is 0 Å². The Bertz CT molecular complexity index is 91.4. The molecule has 0 radical (unpaired) electrons. The Kier molecular flexibility index (Phi) is 98.6. The maximum absolute atomic E-state index is 3.54. The van der Waals surface area contributed by atoms with E-state index in [0.717, 1.165) is 18.4 Å². The molecule has 0 amide bonds. The fourth-order valence-corrected chi connectivity index (χ4v) is 0.553. The Morgan fingerprint density at radius 3 is 1.53 bits per heavy atom. The van der Waals surface area contributed by atoms with Crippen molar-refractivity contribution in [1.82, 2.24) is 0 Å². The molecule has 0 atom stereocenters. The van der Waals surface area contributed by atoms with Gasteiger partial charge in [0.05, 0.1) is 0 Å². The normalized spacial score (nSPS) is 6.68. The Hall–Kier alpha value is 0.987. The van der Waals surface area contributed by atoms with Crippen LogP contribution in [-0.4, -0.2) is 0 Å². The van der Waals surface area contributed by atoms with Gasteiger partial charge in [-0.3, -0.25) is 0 Å². The smallest absolute Gasteiger partial charge is 0.346 e. The fourth-order valence-electron chi connectivity index (χ4n) is 0.553. The molecule has 2 heteroatoms. The minimum absolute atomic E-state index is 0. The first-order valence-electron chi connectivity index (χ1n) is 6.94. The third-order valence-electron chi connectivity index (χ3n) is 1.30. The molecule has 0 N–H and O–H groups in total. The molecule has 0 rings (SSSR count). The van der Waals surface area contributed by atoms with E-state index >= 15 is 0 Å². The van der Waals surface area contributed by atoms with Crippen molar-refractivity contribution in [2.24, 2.45) is 0 Å². The van der Waals surface area contributed by atoms with Crippen LogP contribution in [0.4, 0.5) is 0 Å². The number of rotatable bonds is 5. The predicted molar refractivity (Wildman–Crippen MR) is 85.6 cm³/mol. The van der Waals surface area contributed by atoms with Crippen LogP contribution in [0.2, 0.25) is 0 Å². The van der Waals surface area contributed by atoms with Crippen LogP contribution in [0.3, 0.4) is 0 Å². The zero-order valence-corrected chi connectivity index (χ0v) is 19.8. The molecule has 0 spiro atoms. The van der Waals surface area contributed by atoms with E-state index in [4.69, 9.17) is 0 Å². The average molecular weight is 608 g/mol. The quantitative estimate of drug-likeness (QED) is 0.243. The molecule has 0 bridgehead atoms. The van der Waals surface area contributed by atoms with Gasteiger partial charge in [-0.15, -0.1) is 0 Å². The van der Waals surface area contributed by atoms with Crippen LogP contribution in [0.1, 0.15) is 73.1 Å². The van der Waals surface area contributed by atoms with E-state index < -0.39 is 0 Å². The largest absolute Gasteiger partial charge is 2.00 e. The summed E-state index contributed by atoms with van der Waals surface area (Å²) in [6, 6.07) is 0. The molecule has 19 heavy (non-hydrogen) atoms. The van der Waals surface area contributed by atoms with Gasteiger partial charge in [-0.2, -0.15) is 12.8 Å². The van der Waals surface area contributed by atoms with Crippen LogP contribution < -0.4 is 0 Å². The van der Waals surface area contributed by atoms with Gasteiger partial charge >= 0.3 is 42.1 Å². The summed E-state index contributed by atoms with van der Waals surface area (Å²) in [4.78, 5) is 0. The van der Waals surface area contributed by atoms with Gasteiger partial charge in [0, 0.05) is 0 Å². The summed E-state index contributed by atoms with van der Waals surface area (Å²) in [6.45, 7) is 24.2. The van der Waals surface area contributed by atoms with Crippen molar-refractivity contribution in [3.8, 4) is 0 Å². The summed E-state index contributed by atoms with van der Waals surface area (Å²) in [5, 5.41) is 0. The summed E-state index contributed by atoms with van der Waals surface area (Å²) in [7, 11) is 0. The number of unbranched alkanes of at least 4 members (excludes halogenated alkanes) is 5. The standard InChI is InChI=1S/C7H15.C4H7.C4H8.C2H6.2W/c1-3-5-7-6-4-2;1-4(2)3;1-3-4-2;1-2;;/h5H,3-4,6-7H2,1-2H3;1-2H2,3H3;1-4H2;1-2H3;;/q2*-1;-2;;2*+2. The minimum atomic E-state index is 0. The van der Waals surface area contributed by atoms with Crippen LogP contribution in [0.15, 0.2) is 12.2 Å². The minimum Gasteiger partial charge on any atom is -0.346 e. The van der Waals surface area contributed by atoms with Gasteiger partial charge in [-0.05, 0) is 0 Å². The summed E-state index contributed by atoms with van der Waals surface area (Å²) >= 11 is 0. The van der Waals surface area contributed by atoms with Crippen molar-refractivity contribution in [3.05, 3.63) is 39.3 Å². The Balaban J connectivity index is -0.0000000312. The van der Waals surface area contributed by atoms with E-state index in [0.29, 0.717) is 0 Å². The summed E-state index contributed by atoms with van der Waals surface area (Å²) in [5.41, 5.74) is 0.917. The van der Waals surface area contributed by atoms with Gasteiger partial charge < -0.3 is 20.3 Å². The molecule has 0 aliphatic heterocycles. The maximum atomic E-state index is 3.54. The van der Waals surface area contributed by atoms with Crippen molar-refractivity contribution in [2.45, 2.75) is 73.1 Å². The van der Waals surface area contributed by atoms with Gasteiger partial charge in [0.15, 0.2) is 0 Å². The zero-order chi connectivity index (χ0) is 14.5. The van der Waals surface area contributed by atoms with Crippen molar-refractivity contribution in [2.75, 3.05) is 0 Å². The molecular weight excluding hydrogens is 572 g/mol. The second-order valence-corrected chi connectivity index (χ2v) is 3.50. The Morgan fingerprint density at radius 2 is 1.37 bits per heavy atom. The molecule has 0 aromatic rings. The summed E-state index contributed by atoms with van der Waals surface area (Å²) in [5.74, 6) is 0. The summed E-state index contributed by atoms with van der Waals surface area (Å²) < 4.78 is 0. The van der Waals surface area contributed by atoms with Crippen molar-refractivity contribution >= 4 is 0 Å². The first kappa shape index (κ1) is 36.8. The molecule has 0 fully saturated rings. The Labute approximate surface area is 154 Å². The zero-order valence-electron chi connectivity index (χ0n) is 14.0. The summed E-state index contributed by atoms with van der Waals surface area (Å²) in [6.07, 6.45) is 9.50. The van der Waals surface area contributed by atoms with Gasteiger partial charge in [0.2, 0.25) is 0 Å². The molecule has 0 aliphatic rings. The number of hydrogen-bond donors (Lipinski definition) is 0. The second kappa shape index (κ2) is 50.9. The van der Waals surface area contributed by atoms with E-state index in [9.17, 15) is 0 Å². The van der Waals surface area contributed by atoms with E-state index in [1.165, 1.54) is 25.7 Å². The molecule has 0 aromatic heterocycles. The molecule has 0 unspecified atom stereocenters. The van der Waals surface area contributed by atoms with E-state index in [-0.39, 0.29) is 42.1 Å². The first-order valence-corrected chi connectivity index (χ1v) is 6.94. The predicted octanol–water partition coefficient (Wildman–Crippen LogP) is 6.64. The first-order chi connectivity index (χ1) is 8.06. The molecule has 0 saturated heterocycles. The van der Waals surface area contributed by atoms with Crippen molar-refractivity contribution < 1.29 is 42.1 Å². The van der Waals surface area contributed by atoms with Crippen LogP contribution in [0.5, 0.6) is 0 Å². The molecule has 0 saturated carbocycles. The molecule has 0 heterocycles. The number of hydrogen-bond acceptors (Lipinski definition) is 0. The molecule has 0 nitrogen and oxygen atoms in total. The van der Waals surface area contributed by atoms with Crippen LogP contribution in [-0.2, 0) is 42.1 Å². The van der Waals surface area contributed by atoms with E-state index in [2.05, 4.69) is 47.6 Å². The topological polar surface area (TPSA) is 0 Å². The van der Waals surface area contributed by atoms with Crippen LogP contribution in [0.25, 0.3) is 0 Å². The average Bonchev–Trinajstić information content (AvgIpc) is 2.32. The SMILES string of the molecule is C=C([CH2-])C.CC.CC[CH-]CCCC.[CH2-]CC[CH2-].[W+2].[W+2]. The number of allylic oxidation sites excluding steroid dienone is 1. The van der Waals surface area contributed by atoms with E-state index in [1.807, 2.05) is 20.8 Å².